The predicted molar refractivity (Wildman–Crippen MR) is 129 cm³/mol. The molecule has 1 saturated heterocycles. The molecule has 3 N–H and O–H groups in total. The molecule has 34 heavy (non-hydrogen) atoms. The van der Waals surface area contributed by atoms with Crippen molar-refractivity contribution in [2.75, 3.05) is 49.7 Å². The maximum Gasteiger partial charge on any atom is 0.328 e. The average molecular weight is 463 g/mol. The lowest BCUT2D eigenvalue weighted by Gasteiger charge is -2.29. The molecule has 1 aliphatic rings. The molecule has 2 heterocycles. The SMILES string of the molecule is O=C(O)/C=C/c1cccc(-c2cnc(Nc3cccc(OCCO)c3)nc2N2CCOCC2)c1. The van der Waals surface area contributed by atoms with Gasteiger partial charge in [-0.15, -0.1) is 0 Å². The molecule has 0 aliphatic carbocycles. The van der Waals surface area contributed by atoms with Gasteiger partial charge < -0.3 is 29.9 Å². The van der Waals surface area contributed by atoms with Crippen LogP contribution in [0.1, 0.15) is 5.56 Å². The van der Waals surface area contributed by atoms with Crippen LogP contribution in [0.3, 0.4) is 0 Å². The van der Waals surface area contributed by atoms with Crippen molar-refractivity contribution in [2.45, 2.75) is 0 Å². The highest BCUT2D eigenvalue weighted by Gasteiger charge is 2.19. The first-order chi connectivity index (χ1) is 16.6. The van der Waals surface area contributed by atoms with E-state index >= 15 is 0 Å². The lowest BCUT2D eigenvalue weighted by atomic mass is 10.0. The minimum absolute atomic E-state index is 0.0571. The summed E-state index contributed by atoms with van der Waals surface area (Å²) in [5, 5.41) is 21.1. The Kier molecular flexibility index (Phi) is 7.69. The quantitative estimate of drug-likeness (QED) is 0.412. The van der Waals surface area contributed by atoms with E-state index in [9.17, 15) is 4.79 Å². The summed E-state index contributed by atoms with van der Waals surface area (Å²) in [5.74, 6) is 0.846. The van der Waals surface area contributed by atoms with Crippen molar-refractivity contribution in [2.24, 2.45) is 0 Å². The Morgan fingerprint density at radius 2 is 2.00 bits per heavy atom. The number of aliphatic hydroxyl groups excluding tert-OH is 1. The van der Waals surface area contributed by atoms with Gasteiger partial charge in [-0.1, -0.05) is 24.3 Å². The second kappa shape index (κ2) is 11.3. The summed E-state index contributed by atoms with van der Waals surface area (Å²) >= 11 is 0. The molecule has 1 aromatic heterocycles. The second-order valence-corrected chi connectivity index (χ2v) is 7.55. The fourth-order valence-corrected chi connectivity index (χ4v) is 3.59. The maximum absolute atomic E-state index is 10.9. The van der Waals surface area contributed by atoms with Crippen molar-refractivity contribution in [1.29, 1.82) is 0 Å². The first kappa shape index (κ1) is 23.2. The molecule has 0 unspecified atom stereocenters. The molecule has 0 radical (unpaired) electrons. The summed E-state index contributed by atoms with van der Waals surface area (Å²) in [5.41, 5.74) is 3.27. The summed E-state index contributed by atoms with van der Waals surface area (Å²) in [6, 6.07) is 15.0. The maximum atomic E-state index is 10.9. The third kappa shape index (κ3) is 6.09. The number of morpholine rings is 1. The molecule has 0 atom stereocenters. The number of hydrogen-bond donors (Lipinski definition) is 3. The molecule has 0 amide bonds. The standard InChI is InChI=1S/C25H26N4O5/c30-11-14-34-21-6-2-5-20(16-21)27-25-26-17-22(24(28-25)29-9-12-33-13-10-29)19-4-1-3-18(15-19)7-8-23(31)32/h1-8,15-17,30H,9-14H2,(H,31,32)(H,26,27,28)/b8-7+. The number of benzene rings is 2. The van der Waals surface area contributed by atoms with Gasteiger partial charge in [0.25, 0.3) is 0 Å². The van der Waals surface area contributed by atoms with Crippen LogP contribution in [-0.2, 0) is 9.53 Å². The van der Waals surface area contributed by atoms with E-state index in [2.05, 4.69) is 15.2 Å². The van der Waals surface area contributed by atoms with Crippen LogP contribution in [0, 0.1) is 0 Å². The number of aliphatic carboxylic acids is 1. The number of aliphatic hydroxyl groups is 1. The molecule has 4 rings (SSSR count). The van der Waals surface area contributed by atoms with Gasteiger partial charge in [0.2, 0.25) is 5.95 Å². The van der Waals surface area contributed by atoms with Crippen LogP contribution < -0.4 is 15.0 Å². The Morgan fingerprint density at radius 3 is 2.79 bits per heavy atom. The number of anilines is 3. The summed E-state index contributed by atoms with van der Waals surface area (Å²) in [7, 11) is 0. The van der Waals surface area contributed by atoms with Gasteiger partial charge in [-0.3, -0.25) is 0 Å². The van der Waals surface area contributed by atoms with Gasteiger partial charge in [-0.05, 0) is 35.4 Å². The summed E-state index contributed by atoms with van der Waals surface area (Å²) in [4.78, 5) is 22.4. The minimum Gasteiger partial charge on any atom is -0.491 e. The van der Waals surface area contributed by atoms with E-state index < -0.39 is 5.97 Å². The summed E-state index contributed by atoms with van der Waals surface area (Å²) < 4.78 is 11.0. The number of aromatic nitrogens is 2. The van der Waals surface area contributed by atoms with Crippen molar-refractivity contribution < 1.29 is 24.5 Å². The highest BCUT2D eigenvalue weighted by Crippen LogP contribution is 2.32. The van der Waals surface area contributed by atoms with E-state index in [1.165, 1.54) is 0 Å². The van der Waals surface area contributed by atoms with Gasteiger partial charge in [0, 0.05) is 42.7 Å². The number of nitrogens with zero attached hydrogens (tertiary/aromatic N) is 3. The van der Waals surface area contributed by atoms with Crippen molar-refractivity contribution >= 4 is 29.5 Å². The van der Waals surface area contributed by atoms with Crippen molar-refractivity contribution in [1.82, 2.24) is 9.97 Å². The van der Waals surface area contributed by atoms with Crippen LogP contribution in [0.4, 0.5) is 17.5 Å². The number of rotatable bonds is 9. The number of carbonyl (C=O) groups is 1. The molecular formula is C25H26N4O5. The molecule has 0 saturated carbocycles. The molecule has 1 fully saturated rings. The van der Waals surface area contributed by atoms with Crippen molar-refractivity contribution in [3.8, 4) is 16.9 Å². The van der Waals surface area contributed by atoms with Crippen LogP contribution >= 0.6 is 0 Å². The molecule has 0 bridgehead atoms. The van der Waals surface area contributed by atoms with Crippen LogP contribution in [0.2, 0.25) is 0 Å². The zero-order valence-electron chi connectivity index (χ0n) is 18.6. The molecule has 176 valence electrons. The van der Waals surface area contributed by atoms with Gasteiger partial charge >= 0.3 is 5.97 Å². The fourth-order valence-electron chi connectivity index (χ4n) is 3.59. The van der Waals surface area contributed by atoms with Gasteiger partial charge in [0.15, 0.2) is 0 Å². The number of carboxylic acids is 1. The first-order valence-corrected chi connectivity index (χ1v) is 10.9. The molecule has 1 aliphatic heterocycles. The number of hydrogen-bond acceptors (Lipinski definition) is 8. The van der Waals surface area contributed by atoms with E-state index in [0.29, 0.717) is 38.0 Å². The number of nitrogens with one attached hydrogen (secondary N) is 1. The van der Waals surface area contributed by atoms with Gasteiger partial charge in [0.1, 0.15) is 18.2 Å². The van der Waals surface area contributed by atoms with Gasteiger partial charge in [-0.25, -0.2) is 9.78 Å². The van der Waals surface area contributed by atoms with E-state index in [-0.39, 0.29) is 13.2 Å². The lowest BCUT2D eigenvalue weighted by molar-refractivity contribution is -0.131. The first-order valence-electron chi connectivity index (χ1n) is 10.9. The van der Waals surface area contributed by atoms with Crippen molar-refractivity contribution in [3.63, 3.8) is 0 Å². The van der Waals surface area contributed by atoms with Crippen LogP contribution in [-0.4, -0.2) is 65.7 Å². The third-order valence-electron chi connectivity index (χ3n) is 5.15. The molecule has 3 aromatic rings. The fraction of sp³-hybridized carbons (Fsp3) is 0.240. The zero-order valence-corrected chi connectivity index (χ0v) is 18.6. The summed E-state index contributed by atoms with van der Waals surface area (Å²) in [6.45, 7) is 2.78. The lowest BCUT2D eigenvalue weighted by Crippen LogP contribution is -2.37. The van der Waals surface area contributed by atoms with Gasteiger partial charge in [-0.2, -0.15) is 4.98 Å². The van der Waals surface area contributed by atoms with Gasteiger partial charge in [0.05, 0.1) is 19.8 Å². The van der Waals surface area contributed by atoms with Crippen LogP contribution in [0.15, 0.2) is 60.8 Å². The van der Waals surface area contributed by atoms with E-state index in [1.807, 2.05) is 48.5 Å². The Hall–Kier alpha value is -3.95. The molecule has 9 heteroatoms. The Morgan fingerprint density at radius 1 is 1.18 bits per heavy atom. The average Bonchev–Trinajstić information content (AvgIpc) is 2.87. The van der Waals surface area contributed by atoms with Crippen LogP contribution in [0.25, 0.3) is 17.2 Å². The highest BCUT2D eigenvalue weighted by molar-refractivity contribution is 5.86. The molecular weight excluding hydrogens is 436 g/mol. The Bertz CT molecular complexity index is 1160. The topological polar surface area (TPSA) is 117 Å². The predicted octanol–water partition coefficient (Wildman–Crippen LogP) is 3.19. The largest absolute Gasteiger partial charge is 0.491 e. The highest BCUT2D eigenvalue weighted by atomic mass is 16.5. The van der Waals surface area contributed by atoms with E-state index in [4.69, 9.17) is 24.7 Å². The van der Waals surface area contributed by atoms with Crippen molar-refractivity contribution in [3.05, 3.63) is 66.4 Å². The van der Waals surface area contributed by atoms with E-state index in [0.717, 1.165) is 34.3 Å². The zero-order chi connectivity index (χ0) is 23.8. The summed E-state index contributed by atoms with van der Waals surface area (Å²) in [6.07, 6.45) is 4.44. The molecule has 2 aromatic carbocycles. The smallest absolute Gasteiger partial charge is 0.328 e. The Balaban J connectivity index is 1.66. The third-order valence-corrected chi connectivity index (χ3v) is 5.15. The number of carboxylic acid groups (broad SMARTS) is 1. The van der Waals surface area contributed by atoms with Crippen LogP contribution in [0.5, 0.6) is 5.75 Å². The monoisotopic (exact) mass is 462 g/mol. The molecule has 9 nitrogen and oxygen atoms in total. The number of ether oxygens (including phenoxy) is 2. The minimum atomic E-state index is -0.996. The normalized spacial score (nSPS) is 13.7. The Labute approximate surface area is 197 Å². The molecule has 0 spiro atoms. The van der Waals surface area contributed by atoms with E-state index in [1.54, 1.807) is 12.3 Å². The second-order valence-electron chi connectivity index (χ2n) is 7.55.